The number of benzene rings is 1. The third-order valence-electron chi connectivity index (χ3n) is 7.72. The van der Waals surface area contributed by atoms with Crippen LogP contribution in [0.15, 0.2) is 29.1 Å². The molecule has 1 aromatic heterocycles. The van der Waals surface area contributed by atoms with Crippen molar-refractivity contribution in [1.29, 1.82) is 0 Å². The van der Waals surface area contributed by atoms with Crippen LogP contribution in [0.1, 0.15) is 52.3 Å². The normalized spacial score (nSPS) is 26.6. The van der Waals surface area contributed by atoms with Gasteiger partial charge in [0, 0.05) is 12.5 Å². The van der Waals surface area contributed by atoms with Gasteiger partial charge in [-0.05, 0) is 48.1 Å². The van der Waals surface area contributed by atoms with Gasteiger partial charge in [0.1, 0.15) is 5.82 Å². The average molecular weight is 412 g/mol. The van der Waals surface area contributed by atoms with E-state index in [1.165, 1.54) is 6.42 Å². The van der Waals surface area contributed by atoms with Crippen LogP contribution >= 0.6 is 0 Å². The molecule has 3 atom stereocenters. The second-order valence-electron chi connectivity index (χ2n) is 9.42. The van der Waals surface area contributed by atoms with Gasteiger partial charge in [-0.1, -0.05) is 32.9 Å². The largest absolute Gasteiger partial charge is 0.456 e. The van der Waals surface area contributed by atoms with Gasteiger partial charge in [-0.25, -0.2) is 4.98 Å². The molecule has 30 heavy (non-hydrogen) atoms. The first-order chi connectivity index (χ1) is 14.2. The molecule has 0 aliphatic heterocycles. The summed E-state index contributed by atoms with van der Waals surface area (Å²) in [6, 6.07) is 7.18. The zero-order chi connectivity index (χ0) is 21.5. The molecule has 4 rings (SSSR count). The Morgan fingerprint density at radius 3 is 2.73 bits per heavy atom. The summed E-state index contributed by atoms with van der Waals surface area (Å²) in [7, 11) is 0. The number of hydrogen-bond acceptors (Lipinski definition) is 5. The van der Waals surface area contributed by atoms with Crippen molar-refractivity contribution < 1.29 is 14.3 Å². The molecule has 1 amide bonds. The Balaban J connectivity index is 1.26. The molecule has 1 aromatic carbocycles. The second-order valence-corrected chi connectivity index (χ2v) is 9.42. The number of aryl methyl sites for hydroxylation is 1. The highest BCUT2D eigenvalue weighted by molar-refractivity contribution is 5.81. The van der Waals surface area contributed by atoms with E-state index in [1.807, 2.05) is 6.07 Å². The van der Waals surface area contributed by atoms with Crippen LogP contribution in [0.4, 0.5) is 0 Å². The van der Waals surface area contributed by atoms with Crippen LogP contribution in [0.3, 0.4) is 0 Å². The van der Waals surface area contributed by atoms with Crippen molar-refractivity contribution in [3.05, 3.63) is 40.4 Å². The van der Waals surface area contributed by atoms with Gasteiger partial charge in [0.25, 0.3) is 11.5 Å². The van der Waals surface area contributed by atoms with E-state index in [9.17, 15) is 14.4 Å². The predicted molar refractivity (Wildman–Crippen MR) is 113 cm³/mol. The summed E-state index contributed by atoms with van der Waals surface area (Å²) < 4.78 is 5.15. The molecule has 0 unspecified atom stereocenters. The summed E-state index contributed by atoms with van der Waals surface area (Å²) in [5.41, 5.74) is 0.660. The first-order valence-corrected chi connectivity index (χ1v) is 10.6. The highest BCUT2D eigenvalue weighted by atomic mass is 16.5. The first kappa shape index (κ1) is 20.6. The summed E-state index contributed by atoms with van der Waals surface area (Å²) in [5.74, 6) is 0.319. The summed E-state index contributed by atoms with van der Waals surface area (Å²) >= 11 is 0. The van der Waals surface area contributed by atoms with E-state index in [-0.39, 0.29) is 47.8 Å². The second kappa shape index (κ2) is 7.52. The van der Waals surface area contributed by atoms with Crippen LogP contribution < -0.4 is 10.9 Å². The van der Waals surface area contributed by atoms with Gasteiger partial charge in [0.2, 0.25) is 0 Å². The summed E-state index contributed by atoms with van der Waals surface area (Å²) in [6.45, 7) is 6.57. The van der Waals surface area contributed by atoms with E-state index in [2.05, 4.69) is 36.1 Å². The number of ether oxygens (including phenoxy) is 1. The van der Waals surface area contributed by atoms with Crippen LogP contribution in [0.5, 0.6) is 0 Å². The minimum Gasteiger partial charge on any atom is -0.456 e. The van der Waals surface area contributed by atoms with Crippen LogP contribution in [-0.2, 0) is 20.7 Å². The number of nitrogens with zero attached hydrogens (tertiary/aromatic N) is 1. The number of esters is 1. The Morgan fingerprint density at radius 2 is 2.03 bits per heavy atom. The van der Waals surface area contributed by atoms with Crippen molar-refractivity contribution in [3.8, 4) is 0 Å². The van der Waals surface area contributed by atoms with Gasteiger partial charge in [-0.15, -0.1) is 0 Å². The molecule has 2 aliphatic rings. The zero-order valence-electron chi connectivity index (χ0n) is 17.8. The number of hydrogen-bond donors (Lipinski definition) is 2. The molecule has 0 radical (unpaired) electrons. The number of aromatic nitrogens is 2. The number of carbonyl (C=O) groups is 2. The molecule has 0 spiro atoms. The van der Waals surface area contributed by atoms with Crippen molar-refractivity contribution in [3.63, 3.8) is 0 Å². The van der Waals surface area contributed by atoms with Gasteiger partial charge in [0.05, 0.1) is 17.3 Å². The van der Waals surface area contributed by atoms with E-state index in [1.54, 1.807) is 18.2 Å². The zero-order valence-corrected chi connectivity index (χ0v) is 17.8. The lowest BCUT2D eigenvalue weighted by Crippen LogP contribution is -2.48. The molecule has 7 nitrogen and oxygen atoms in total. The molecule has 7 heteroatoms. The average Bonchev–Trinajstić information content (AvgIpc) is 3.04. The molecular formula is C23H29N3O4. The quantitative estimate of drug-likeness (QED) is 0.712. The number of fused-ring (bicyclic) bond motifs is 3. The lowest BCUT2D eigenvalue weighted by molar-refractivity contribution is -0.149. The highest BCUT2D eigenvalue weighted by Crippen LogP contribution is 2.65. The number of rotatable bonds is 6. The molecule has 2 fully saturated rings. The fourth-order valence-corrected chi connectivity index (χ4v) is 5.35. The number of H-pyrrole nitrogens is 1. The maximum absolute atomic E-state index is 12.4. The Labute approximate surface area is 175 Å². The molecular weight excluding hydrogens is 382 g/mol. The van der Waals surface area contributed by atoms with Crippen molar-refractivity contribution >= 4 is 22.8 Å². The lowest BCUT2D eigenvalue weighted by atomic mass is 9.69. The molecule has 160 valence electrons. The predicted octanol–water partition coefficient (Wildman–Crippen LogP) is 2.73. The van der Waals surface area contributed by atoms with Crippen molar-refractivity contribution in [1.82, 2.24) is 15.3 Å². The Morgan fingerprint density at radius 1 is 1.27 bits per heavy atom. The van der Waals surface area contributed by atoms with Crippen LogP contribution in [0.25, 0.3) is 10.9 Å². The molecule has 2 N–H and O–H groups in total. The third-order valence-corrected chi connectivity index (χ3v) is 7.72. The van der Waals surface area contributed by atoms with Crippen LogP contribution in [-0.4, -0.2) is 34.5 Å². The van der Waals surface area contributed by atoms with E-state index >= 15 is 0 Å². The Bertz CT molecular complexity index is 1040. The van der Waals surface area contributed by atoms with Crippen molar-refractivity contribution in [2.45, 2.75) is 58.9 Å². The first-order valence-electron chi connectivity index (χ1n) is 10.6. The summed E-state index contributed by atoms with van der Waals surface area (Å²) in [6.07, 6.45) is 3.62. The number of aromatic amines is 1. The number of carbonyl (C=O) groups excluding carboxylic acids is 2. The maximum Gasteiger partial charge on any atom is 0.306 e. The van der Waals surface area contributed by atoms with Gasteiger partial charge >= 0.3 is 5.97 Å². The molecule has 2 aromatic rings. The maximum atomic E-state index is 12.4. The van der Waals surface area contributed by atoms with E-state index < -0.39 is 5.97 Å². The number of nitrogens with one attached hydrogen (secondary N) is 2. The fourth-order valence-electron chi connectivity index (χ4n) is 5.35. The SMILES string of the molecule is CC1(C)[C@H]2CC[C@@]1(C)[C@@H](NC(=O)COC(=O)CCc1nc3ccccc3c(=O)[nH]1)C2. The Hall–Kier alpha value is -2.70. The minimum atomic E-state index is -0.486. The van der Waals surface area contributed by atoms with E-state index in [0.29, 0.717) is 22.6 Å². The van der Waals surface area contributed by atoms with Gasteiger partial charge < -0.3 is 15.0 Å². The van der Waals surface area contributed by atoms with Gasteiger partial charge in [-0.3, -0.25) is 14.4 Å². The molecule has 0 saturated heterocycles. The molecule has 2 saturated carbocycles. The smallest absolute Gasteiger partial charge is 0.306 e. The minimum absolute atomic E-state index is 0.0464. The number of amides is 1. The summed E-state index contributed by atoms with van der Waals surface area (Å²) in [5, 5.41) is 3.60. The monoisotopic (exact) mass is 411 g/mol. The van der Waals surface area contributed by atoms with Crippen LogP contribution in [0.2, 0.25) is 0 Å². The third kappa shape index (κ3) is 3.50. The number of para-hydroxylation sites is 1. The molecule has 1 heterocycles. The highest BCUT2D eigenvalue weighted by Gasteiger charge is 2.61. The summed E-state index contributed by atoms with van der Waals surface area (Å²) in [4.78, 5) is 43.6. The molecule has 2 bridgehead atoms. The van der Waals surface area contributed by atoms with Gasteiger partial charge in [0.15, 0.2) is 6.61 Å². The fraction of sp³-hybridized carbons (Fsp3) is 0.565. The standard InChI is InChI=1S/C23H29N3O4/c1-22(2)14-10-11-23(22,3)17(12-14)25-19(27)13-30-20(28)9-8-18-24-16-7-5-4-6-15(16)21(29)26-18/h4-7,14,17H,8-13H2,1-3H3,(H,25,27)(H,24,26,29)/t14-,17-,23-/m0/s1. The van der Waals surface area contributed by atoms with Gasteiger partial charge in [-0.2, -0.15) is 0 Å². The van der Waals surface area contributed by atoms with E-state index in [4.69, 9.17) is 4.74 Å². The van der Waals surface area contributed by atoms with E-state index in [0.717, 1.165) is 12.8 Å². The Kier molecular flexibility index (Phi) is 5.16. The van der Waals surface area contributed by atoms with Crippen LogP contribution in [0, 0.1) is 16.7 Å². The van der Waals surface area contributed by atoms with Crippen molar-refractivity contribution in [2.24, 2.45) is 16.7 Å². The lowest BCUT2D eigenvalue weighted by Gasteiger charge is -2.39. The van der Waals surface area contributed by atoms with Crippen molar-refractivity contribution in [2.75, 3.05) is 6.61 Å². The molecule has 2 aliphatic carbocycles. The topological polar surface area (TPSA) is 101 Å².